The first-order valence-corrected chi connectivity index (χ1v) is 10.3. The summed E-state index contributed by atoms with van der Waals surface area (Å²) in [6, 6.07) is 7.58. The third-order valence-electron chi connectivity index (χ3n) is 4.98. The van der Waals surface area contributed by atoms with Crippen LogP contribution in [0.5, 0.6) is 0 Å². The summed E-state index contributed by atoms with van der Waals surface area (Å²) in [4.78, 5) is 20.1. The summed E-state index contributed by atoms with van der Waals surface area (Å²) < 4.78 is 11.4. The number of aryl methyl sites for hydroxylation is 1. The van der Waals surface area contributed by atoms with Gasteiger partial charge in [-0.1, -0.05) is 23.7 Å². The van der Waals surface area contributed by atoms with Crippen molar-refractivity contribution in [3.05, 3.63) is 39.2 Å². The molecule has 3 heterocycles. The molecule has 2 saturated heterocycles. The predicted molar refractivity (Wildman–Crippen MR) is 105 cm³/mol. The summed E-state index contributed by atoms with van der Waals surface area (Å²) in [5, 5.41) is 4.58. The van der Waals surface area contributed by atoms with Crippen molar-refractivity contribution in [2.45, 2.75) is 32.1 Å². The molecule has 0 atom stereocenters. The average Bonchev–Trinajstić information content (AvgIpc) is 3.28. The monoisotopic (exact) mass is 407 g/mol. The second-order valence-electron chi connectivity index (χ2n) is 6.77. The lowest BCUT2D eigenvalue weighted by atomic mass is 10.0. The van der Waals surface area contributed by atoms with E-state index in [2.05, 4.69) is 10.3 Å². The normalized spacial score (nSPS) is 18.8. The van der Waals surface area contributed by atoms with Gasteiger partial charge in [-0.15, -0.1) is 11.3 Å². The van der Waals surface area contributed by atoms with E-state index in [1.807, 2.05) is 36.1 Å². The first kappa shape index (κ1) is 18.7. The minimum atomic E-state index is -0.462. The van der Waals surface area contributed by atoms with Gasteiger partial charge in [0.1, 0.15) is 5.01 Å². The highest BCUT2D eigenvalue weighted by molar-refractivity contribution is 7.12. The van der Waals surface area contributed by atoms with E-state index in [4.69, 9.17) is 21.1 Å². The first-order valence-electron chi connectivity index (χ1n) is 9.08. The van der Waals surface area contributed by atoms with Gasteiger partial charge in [0.05, 0.1) is 25.5 Å². The van der Waals surface area contributed by atoms with Gasteiger partial charge in [-0.2, -0.15) is 0 Å². The van der Waals surface area contributed by atoms with E-state index in [1.54, 1.807) is 11.3 Å². The first-order chi connectivity index (χ1) is 13.0. The number of thiazole rings is 1. The number of hydrogen-bond donors (Lipinski definition) is 1. The molecular weight excluding hydrogens is 386 g/mol. The van der Waals surface area contributed by atoms with Crippen LogP contribution in [0.1, 0.15) is 22.7 Å². The third-order valence-corrected chi connectivity index (χ3v) is 6.20. The molecule has 0 radical (unpaired) electrons. The number of ether oxygens (including phenoxy) is 2. The Balaban J connectivity index is 1.33. The van der Waals surface area contributed by atoms with Crippen LogP contribution in [0.15, 0.2) is 24.3 Å². The molecule has 0 saturated carbocycles. The number of nitrogens with zero attached hydrogens (tertiary/aromatic N) is 2. The van der Waals surface area contributed by atoms with Crippen molar-refractivity contribution in [2.75, 3.05) is 26.3 Å². The van der Waals surface area contributed by atoms with Crippen molar-refractivity contribution in [1.82, 2.24) is 15.2 Å². The number of carbonyl (C=O) groups is 1. The van der Waals surface area contributed by atoms with Gasteiger partial charge < -0.3 is 19.7 Å². The molecule has 1 aromatic carbocycles. The van der Waals surface area contributed by atoms with E-state index in [1.165, 1.54) is 0 Å². The lowest BCUT2D eigenvalue weighted by Crippen LogP contribution is -2.50. The minimum absolute atomic E-state index is 0.0660. The summed E-state index contributed by atoms with van der Waals surface area (Å²) in [6.07, 6.45) is 1.44. The molecule has 8 heteroatoms. The Labute approximate surface area is 167 Å². The van der Waals surface area contributed by atoms with Crippen molar-refractivity contribution in [1.29, 1.82) is 0 Å². The van der Waals surface area contributed by atoms with Gasteiger partial charge >= 0.3 is 6.03 Å². The number of benzene rings is 1. The summed E-state index contributed by atoms with van der Waals surface area (Å²) in [7, 11) is 0. The van der Waals surface area contributed by atoms with E-state index < -0.39 is 5.79 Å². The van der Waals surface area contributed by atoms with Crippen LogP contribution in [-0.2, 0) is 16.0 Å². The number of halogens is 1. The smallest absolute Gasteiger partial charge is 0.317 e. The number of carbonyl (C=O) groups excluding carboxylic acids is 1. The number of likely N-dealkylation sites (tertiary alicyclic amines) is 1. The number of aromatic nitrogens is 1. The quantitative estimate of drug-likeness (QED) is 0.840. The summed E-state index contributed by atoms with van der Waals surface area (Å²) in [5.74, 6) is -0.462. The van der Waals surface area contributed by atoms with Gasteiger partial charge in [-0.05, 0) is 19.1 Å². The Kier molecular flexibility index (Phi) is 5.36. The highest BCUT2D eigenvalue weighted by Crippen LogP contribution is 2.31. The van der Waals surface area contributed by atoms with E-state index in [0.29, 0.717) is 37.9 Å². The second kappa shape index (κ2) is 7.75. The second-order valence-corrected chi connectivity index (χ2v) is 8.50. The Hall–Kier alpha value is -1.67. The molecule has 4 rings (SSSR count). The molecule has 2 amide bonds. The lowest BCUT2D eigenvalue weighted by Gasteiger charge is -2.37. The van der Waals surface area contributed by atoms with Crippen molar-refractivity contribution in [3.8, 4) is 11.3 Å². The van der Waals surface area contributed by atoms with Crippen molar-refractivity contribution < 1.29 is 14.3 Å². The fraction of sp³-hybridized carbons (Fsp3) is 0.474. The maximum atomic E-state index is 12.5. The number of nitrogens with one attached hydrogen (secondary N) is 1. The van der Waals surface area contributed by atoms with Crippen LogP contribution in [0.3, 0.4) is 0 Å². The molecular formula is C19H22ClN3O3S. The topological polar surface area (TPSA) is 63.7 Å². The van der Waals surface area contributed by atoms with Crippen LogP contribution in [0.25, 0.3) is 11.3 Å². The van der Waals surface area contributed by atoms with Gasteiger partial charge in [0, 0.05) is 41.4 Å². The number of rotatable bonds is 3. The molecule has 0 unspecified atom stereocenters. The molecule has 2 aromatic rings. The molecule has 1 aromatic heterocycles. The van der Waals surface area contributed by atoms with Crippen LogP contribution >= 0.6 is 22.9 Å². The van der Waals surface area contributed by atoms with Gasteiger partial charge in [0.15, 0.2) is 5.79 Å². The number of piperidine rings is 1. The van der Waals surface area contributed by atoms with Crippen LogP contribution in [-0.4, -0.2) is 48.0 Å². The maximum absolute atomic E-state index is 12.5. The van der Waals surface area contributed by atoms with Crippen LogP contribution < -0.4 is 5.32 Å². The molecule has 0 bridgehead atoms. The standard InChI is InChI=1S/C19H22ClN3O3S/c1-13-17(14-2-4-15(20)5-3-14)22-16(27-13)12-21-18(24)23-8-6-19(7-9-23)25-10-11-26-19/h2-5H,6-12H2,1H3,(H,21,24). The fourth-order valence-corrected chi connectivity index (χ4v) is 4.52. The SMILES string of the molecule is Cc1sc(CNC(=O)N2CCC3(CC2)OCCO3)nc1-c1ccc(Cl)cc1. The molecule has 2 fully saturated rings. The molecule has 27 heavy (non-hydrogen) atoms. The highest BCUT2D eigenvalue weighted by Gasteiger charge is 2.40. The molecule has 1 spiro atoms. The zero-order valence-corrected chi connectivity index (χ0v) is 16.7. The van der Waals surface area contributed by atoms with Crippen LogP contribution in [0.2, 0.25) is 5.02 Å². The zero-order chi connectivity index (χ0) is 18.9. The Morgan fingerprint density at radius 3 is 2.59 bits per heavy atom. The molecule has 0 aliphatic carbocycles. The van der Waals surface area contributed by atoms with Crippen molar-refractivity contribution in [2.24, 2.45) is 0 Å². The molecule has 144 valence electrons. The van der Waals surface area contributed by atoms with E-state index >= 15 is 0 Å². The number of urea groups is 1. The van der Waals surface area contributed by atoms with Crippen molar-refractivity contribution in [3.63, 3.8) is 0 Å². The lowest BCUT2D eigenvalue weighted by molar-refractivity contribution is -0.181. The predicted octanol–water partition coefficient (Wildman–Crippen LogP) is 3.82. The average molecular weight is 408 g/mol. The van der Waals surface area contributed by atoms with Gasteiger partial charge in [0.2, 0.25) is 0 Å². The van der Waals surface area contributed by atoms with E-state index in [0.717, 1.165) is 34.0 Å². The molecule has 6 nitrogen and oxygen atoms in total. The van der Waals surface area contributed by atoms with Crippen LogP contribution in [0, 0.1) is 6.92 Å². The molecule has 2 aliphatic heterocycles. The summed E-state index contributed by atoms with van der Waals surface area (Å²) >= 11 is 7.56. The number of amides is 2. The van der Waals surface area contributed by atoms with E-state index in [9.17, 15) is 4.79 Å². The van der Waals surface area contributed by atoms with Gasteiger partial charge in [-0.3, -0.25) is 0 Å². The Morgan fingerprint density at radius 2 is 1.93 bits per heavy atom. The highest BCUT2D eigenvalue weighted by atomic mass is 35.5. The van der Waals surface area contributed by atoms with E-state index in [-0.39, 0.29) is 6.03 Å². The fourth-order valence-electron chi connectivity index (χ4n) is 3.50. The van der Waals surface area contributed by atoms with Gasteiger partial charge in [0.25, 0.3) is 0 Å². The number of hydrogen-bond acceptors (Lipinski definition) is 5. The zero-order valence-electron chi connectivity index (χ0n) is 15.2. The minimum Gasteiger partial charge on any atom is -0.347 e. The third kappa shape index (κ3) is 4.11. The summed E-state index contributed by atoms with van der Waals surface area (Å²) in [5.41, 5.74) is 1.97. The largest absolute Gasteiger partial charge is 0.347 e. The Bertz CT molecular complexity index is 808. The van der Waals surface area contributed by atoms with Crippen LogP contribution in [0.4, 0.5) is 4.79 Å². The Morgan fingerprint density at radius 1 is 1.26 bits per heavy atom. The maximum Gasteiger partial charge on any atom is 0.317 e. The molecule has 1 N–H and O–H groups in total. The summed E-state index contributed by atoms with van der Waals surface area (Å²) in [6.45, 7) is 5.03. The van der Waals surface area contributed by atoms with Gasteiger partial charge in [-0.25, -0.2) is 9.78 Å². The van der Waals surface area contributed by atoms with Crippen molar-refractivity contribution >= 4 is 29.0 Å². The molecule has 2 aliphatic rings.